The molecular weight excluding hydrogens is 416 g/mol. The molecule has 5 rings (SSSR count). The Labute approximate surface area is 200 Å². The number of phenols is 2. The van der Waals surface area contributed by atoms with Crippen LogP contribution in [0.1, 0.15) is 45.2 Å². The topological polar surface area (TPSA) is 40.5 Å². The van der Waals surface area contributed by atoms with E-state index in [0.29, 0.717) is 5.56 Å². The zero-order valence-corrected chi connectivity index (χ0v) is 18.8. The van der Waals surface area contributed by atoms with Gasteiger partial charge in [-0.2, -0.15) is 0 Å². The van der Waals surface area contributed by atoms with Gasteiger partial charge in [0, 0.05) is 23.0 Å². The Morgan fingerprint density at radius 1 is 0.382 bits per heavy atom. The number of rotatable bonds is 6. The van der Waals surface area contributed by atoms with E-state index >= 15 is 0 Å². The second-order valence-electron chi connectivity index (χ2n) is 8.44. The predicted octanol–water partition coefficient (Wildman–Crippen LogP) is 7.46. The molecule has 0 atom stereocenters. The predicted molar refractivity (Wildman–Crippen MR) is 137 cm³/mol. The molecule has 5 aromatic rings. The van der Waals surface area contributed by atoms with Crippen molar-refractivity contribution in [1.82, 2.24) is 0 Å². The minimum atomic E-state index is -0.311. The van der Waals surface area contributed by atoms with Crippen LogP contribution >= 0.6 is 0 Å². The first-order chi connectivity index (χ1) is 16.7. The Morgan fingerprint density at radius 3 is 1.12 bits per heavy atom. The molecule has 0 saturated carbocycles. The first kappa shape index (κ1) is 21.5. The standard InChI is InChI=1S/C32H26O2/c33-28-22-21-27(29(23-13-5-1-6-14-23)24-15-7-2-8-16-24)32(34)31(28)30(25-17-9-3-10-18-25)26-19-11-4-12-20-26/h1-22,29-30,33-34H. The van der Waals surface area contributed by atoms with Crippen molar-refractivity contribution in [3.8, 4) is 11.5 Å². The first-order valence-electron chi connectivity index (χ1n) is 11.5. The van der Waals surface area contributed by atoms with Gasteiger partial charge in [0.05, 0.1) is 0 Å². The van der Waals surface area contributed by atoms with Gasteiger partial charge in [-0.15, -0.1) is 0 Å². The van der Waals surface area contributed by atoms with Crippen LogP contribution in [0.5, 0.6) is 11.5 Å². The second-order valence-corrected chi connectivity index (χ2v) is 8.44. The van der Waals surface area contributed by atoms with E-state index in [1.165, 1.54) is 0 Å². The minimum absolute atomic E-state index is 0.0822. The van der Waals surface area contributed by atoms with Crippen LogP contribution in [0, 0.1) is 0 Å². The molecule has 2 N–H and O–H groups in total. The number of phenolic OH excluding ortho intramolecular Hbond substituents is 2. The molecule has 34 heavy (non-hydrogen) atoms. The largest absolute Gasteiger partial charge is 0.507 e. The fourth-order valence-electron chi connectivity index (χ4n) is 4.79. The van der Waals surface area contributed by atoms with Gasteiger partial charge in [0.2, 0.25) is 0 Å². The van der Waals surface area contributed by atoms with E-state index in [4.69, 9.17) is 0 Å². The molecule has 2 nitrogen and oxygen atoms in total. The highest BCUT2D eigenvalue weighted by Gasteiger charge is 2.28. The molecule has 0 heterocycles. The third kappa shape index (κ3) is 4.18. The molecule has 0 bridgehead atoms. The summed E-state index contributed by atoms with van der Waals surface area (Å²) in [5, 5.41) is 22.9. The number of benzene rings is 5. The third-order valence-electron chi connectivity index (χ3n) is 6.36. The Balaban J connectivity index is 1.75. The third-order valence-corrected chi connectivity index (χ3v) is 6.36. The molecular formula is C32H26O2. The highest BCUT2D eigenvalue weighted by atomic mass is 16.3. The van der Waals surface area contributed by atoms with Gasteiger partial charge in [0.1, 0.15) is 11.5 Å². The summed E-state index contributed by atoms with van der Waals surface area (Å²) in [6, 6.07) is 44.0. The van der Waals surface area contributed by atoms with Gasteiger partial charge in [-0.1, -0.05) is 127 Å². The first-order valence-corrected chi connectivity index (χ1v) is 11.5. The van der Waals surface area contributed by atoms with Gasteiger partial charge in [0.25, 0.3) is 0 Å². The van der Waals surface area contributed by atoms with Crippen molar-refractivity contribution in [1.29, 1.82) is 0 Å². The SMILES string of the molecule is Oc1ccc(C(c2ccccc2)c2ccccc2)c(O)c1C(c1ccccc1)c1ccccc1. The zero-order valence-electron chi connectivity index (χ0n) is 18.8. The maximum atomic E-state index is 11.8. The summed E-state index contributed by atoms with van der Waals surface area (Å²) in [6.07, 6.45) is 0. The van der Waals surface area contributed by atoms with E-state index in [-0.39, 0.29) is 23.3 Å². The minimum Gasteiger partial charge on any atom is -0.507 e. The van der Waals surface area contributed by atoms with Crippen LogP contribution in [0.4, 0.5) is 0 Å². The fraction of sp³-hybridized carbons (Fsp3) is 0.0625. The van der Waals surface area contributed by atoms with E-state index < -0.39 is 0 Å². The Morgan fingerprint density at radius 2 is 0.735 bits per heavy atom. The van der Waals surface area contributed by atoms with Gasteiger partial charge < -0.3 is 10.2 Å². The van der Waals surface area contributed by atoms with Crippen molar-refractivity contribution in [2.75, 3.05) is 0 Å². The lowest BCUT2D eigenvalue weighted by Crippen LogP contribution is -2.08. The smallest absolute Gasteiger partial charge is 0.127 e. The number of hydrogen-bond donors (Lipinski definition) is 2. The van der Waals surface area contributed by atoms with Crippen LogP contribution in [0.15, 0.2) is 133 Å². The lowest BCUT2D eigenvalue weighted by atomic mass is 9.79. The van der Waals surface area contributed by atoms with E-state index in [1.54, 1.807) is 6.07 Å². The van der Waals surface area contributed by atoms with Gasteiger partial charge in [-0.05, 0) is 28.3 Å². The molecule has 2 heteroatoms. The van der Waals surface area contributed by atoms with Crippen LogP contribution in [-0.4, -0.2) is 10.2 Å². The lowest BCUT2D eigenvalue weighted by Gasteiger charge is -2.26. The summed E-state index contributed by atoms with van der Waals surface area (Å²) in [5.74, 6) is -0.280. The number of aromatic hydroxyl groups is 2. The number of hydrogen-bond acceptors (Lipinski definition) is 2. The molecule has 0 amide bonds. The van der Waals surface area contributed by atoms with E-state index in [1.807, 2.05) is 103 Å². The Kier molecular flexibility index (Phi) is 6.13. The summed E-state index contributed by atoms with van der Waals surface area (Å²) in [5.41, 5.74) is 5.46. The van der Waals surface area contributed by atoms with Crippen molar-refractivity contribution in [3.05, 3.63) is 167 Å². The summed E-state index contributed by atoms with van der Waals surface area (Å²) in [7, 11) is 0. The summed E-state index contributed by atoms with van der Waals surface area (Å²) in [4.78, 5) is 0. The molecule has 0 unspecified atom stereocenters. The highest BCUT2D eigenvalue weighted by Crippen LogP contribution is 2.47. The van der Waals surface area contributed by atoms with Crippen molar-refractivity contribution in [2.45, 2.75) is 11.8 Å². The van der Waals surface area contributed by atoms with E-state index in [0.717, 1.165) is 27.8 Å². The van der Waals surface area contributed by atoms with Crippen LogP contribution < -0.4 is 0 Å². The Hall–Kier alpha value is -4.30. The quantitative estimate of drug-likeness (QED) is 0.268. The second kappa shape index (κ2) is 9.68. The van der Waals surface area contributed by atoms with Crippen LogP contribution in [0.2, 0.25) is 0 Å². The molecule has 5 aromatic carbocycles. The maximum Gasteiger partial charge on any atom is 0.127 e. The molecule has 0 radical (unpaired) electrons. The molecule has 0 aliphatic rings. The van der Waals surface area contributed by atoms with Crippen molar-refractivity contribution in [2.24, 2.45) is 0 Å². The zero-order chi connectivity index (χ0) is 23.3. The van der Waals surface area contributed by atoms with Crippen LogP contribution in [0.3, 0.4) is 0 Å². The van der Waals surface area contributed by atoms with Gasteiger partial charge in [0.15, 0.2) is 0 Å². The van der Waals surface area contributed by atoms with Crippen LogP contribution in [-0.2, 0) is 0 Å². The van der Waals surface area contributed by atoms with E-state index in [2.05, 4.69) is 24.3 Å². The summed E-state index contributed by atoms with van der Waals surface area (Å²) in [6.45, 7) is 0. The Bertz CT molecular complexity index is 1270. The molecule has 0 saturated heterocycles. The normalized spacial score (nSPS) is 11.1. The molecule has 0 aromatic heterocycles. The summed E-state index contributed by atoms with van der Waals surface area (Å²) < 4.78 is 0. The fourth-order valence-corrected chi connectivity index (χ4v) is 4.79. The van der Waals surface area contributed by atoms with Gasteiger partial charge in [-0.25, -0.2) is 0 Å². The monoisotopic (exact) mass is 442 g/mol. The molecule has 0 aliphatic heterocycles. The maximum absolute atomic E-state index is 11.8. The van der Waals surface area contributed by atoms with Crippen LogP contribution in [0.25, 0.3) is 0 Å². The van der Waals surface area contributed by atoms with E-state index in [9.17, 15) is 10.2 Å². The van der Waals surface area contributed by atoms with Crippen molar-refractivity contribution >= 4 is 0 Å². The molecule has 0 aliphatic carbocycles. The average Bonchev–Trinajstić information content (AvgIpc) is 2.90. The van der Waals surface area contributed by atoms with Crippen molar-refractivity contribution < 1.29 is 10.2 Å². The van der Waals surface area contributed by atoms with Gasteiger partial charge >= 0.3 is 0 Å². The average molecular weight is 443 g/mol. The summed E-state index contributed by atoms with van der Waals surface area (Å²) >= 11 is 0. The van der Waals surface area contributed by atoms with Crippen molar-refractivity contribution in [3.63, 3.8) is 0 Å². The molecule has 0 spiro atoms. The molecule has 166 valence electrons. The highest BCUT2D eigenvalue weighted by molar-refractivity contribution is 5.61. The molecule has 0 fully saturated rings. The lowest BCUT2D eigenvalue weighted by molar-refractivity contribution is 0.431. The van der Waals surface area contributed by atoms with Gasteiger partial charge in [-0.3, -0.25) is 0 Å².